The summed E-state index contributed by atoms with van der Waals surface area (Å²) in [5, 5.41) is 16.9. The van der Waals surface area contributed by atoms with E-state index in [-0.39, 0.29) is 39.3 Å². The zero-order valence-electron chi connectivity index (χ0n) is 11.8. The van der Waals surface area contributed by atoms with E-state index in [4.69, 9.17) is 26.4 Å². The predicted molar refractivity (Wildman–Crippen MR) is 69.6 cm³/mol. The molecule has 1 saturated carbocycles. The Hall–Kier alpha value is -0.492. The van der Waals surface area contributed by atoms with E-state index < -0.39 is 17.4 Å². The van der Waals surface area contributed by atoms with E-state index in [1.165, 1.54) is 0 Å². The molecule has 0 aliphatic heterocycles. The second kappa shape index (κ2) is 9.45. The van der Waals surface area contributed by atoms with Crippen LogP contribution in [0.3, 0.4) is 0 Å². The molecule has 0 spiro atoms. The first-order valence-corrected chi connectivity index (χ1v) is 6.14. The second-order valence-electron chi connectivity index (χ2n) is 5.20. The summed E-state index contributed by atoms with van der Waals surface area (Å²) in [6.07, 6.45) is 1.26. The largest absolute Gasteiger partial charge is 0.480 e. The van der Waals surface area contributed by atoms with Crippen molar-refractivity contribution in [1.29, 1.82) is 0 Å². The minimum atomic E-state index is -1.44. The maximum Gasteiger partial charge on any atom is 0.321 e. The van der Waals surface area contributed by atoms with Crippen LogP contribution in [0, 0.1) is 10.8 Å². The number of hydrogen-bond acceptors (Lipinski definition) is 5. The fraction of sp³-hybridized carbons (Fsp3) is 0.833. The minimum absolute atomic E-state index is 0. The SMILES string of the molecule is COCC(C)(CN)CN.O=C(O)C1(C(=O)O)CCC1.[Pt]. The van der Waals surface area contributed by atoms with Crippen LogP contribution in [0.15, 0.2) is 0 Å². The van der Waals surface area contributed by atoms with E-state index in [9.17, 15) is 9.59 Å². The van der Waals surface area contributed by atoms with Crippen LogP contribution >= 0.6 is 0 Å². The van der Waals surface area contributed by atoms with Gasteiger partial charge in [0.1, 0.15) is 0 Å². The molecule has 0 aromatic carbocycles. The maximum absolute atomic E-state index is 10.4. The van der Waals surface area contributed by atoms with Gasteiger partial charge in [-0.3, -0.25) is 9.59 Å². The van der Waals surface area contributed by atoms with Crippen LogP contribution in [0.25, 0.3) is 0 Å². The van der Waals surface area contributed by atoms with Gasteiger partial charge in [-0.25, -0.2) is 0 Å². The van der Waals surface area contributed by atoms with Gasteiger partial charge in [0.2, 0.25) is 0 Å². The van der Waals surface area contributed by atoms with Crippen molar-refractivity contribution in [2.24, 2.45) is 22.3 Å². The average Bonchev–Trinajstić information content (AvgIpc) is 2.27. The molecule has 1 fully saturated rings. The van der Waals surface area contributed by atoms with Gasteiger partial charge in [0.05, 0.1) is 6.61 Å². The summed E-state index contributed by atoms with van der Waals surface area (Å²) < 4.78 is 4.93. The molecule has 20 heavy (non-hydrogen) atoms. The number of carbonyl (C=O) groups is 2. The third-order valence-electron chi connectivity index (χ3n) is 3.50. The summed E-state index contributed by atoms with van der Waals surface area (Å²) in [5.41, 5.74) is 9.41. The van der Waals surface area contributed by atoms with Crippen LogP contribution in [0.2, 0.25) is 0 Å². The van der Waals surface area contributed by atoms with E-state index in [2.05, 4.69) is 0 Å². The number of nitrogens with two attached hydrogens (primary N) is 2. The Bertz CT molecular complexity index is 301. The molecule has 7 nitrogen and oxygen atoms in total. The van der Waals surface area contributed by atoms with E-state index in [0.717, 1.165) is 0 Å². The molecule has 122 valence electrons. The standard InChI is InChI=1S/C6H16N2O.C6H8O4.Pt/c1-6(3-7,4-8)5-9-2;7-4(8)6(5(9)10)2-1-3-6;/h3-5,7-8H2,1-2H3;1-3H2,(H,7,8)(H,9,10);. The van der Waals surface area contributed by atoms with Gasteiger partial charge in [-0.2, -0.15) is 0 Å². The molecule has 1 rings (SSSR count). The quantitative estimate of drug-likeness (QED) is 0.397. The molecule has 1 aliphatic carbocycles. The van der Waals surface area contributed by atoms with Crippen molar-refractivity contribution in [2.75, 3.05) is 26.8 Å². The maximum atomic E-state index is 10.4. The Morgan fingerprint density at radius 3 is 1.65 bits per heavy atom. The number of hydrogen-bond donors (Lipinski definition) is 4. The first-order chi connectivity index (χ1) is 8.78. The zero-order chi connectivity index (χ0) is 15.1. The third-order valence-corrected chi connectivity index (χ3v) is 3.50. The predicted octanol–water partition coefficient (Wildman–Crippen LogP) is -0.120. The van der Waals surface area contributed by atoms with Crippen LogP contribution in [0.5, 0.6) is 0 Å². The monoisotopic (exact) mass is 471 g/mol. The molecule has 0 aromatic rings. The Kier molecular flexibility index (Phi) is 10.3. The minimum Gasteiger partial charge on any atom is -0.480 e. The molecular formula is C12H24N2O5Pt. The Balaban J connectivity index is 0. The molecule has 0 heterocycles. The van der Waals surface area contributed by atoms with Crippen molar-refractivity contribution in [1.82, 2.24) is 0 Å². The molecule has 0 saturated heterocycles. The molecule has 0 radical (unpaired) electrons. The average molecular weight is 471 g/mol. The van der Waals surface area contributed by atoms with Crippen molar-refractivity contribution in [3.8, 4) is 0 Å². The molecule has 0 bridgehead atoms. The molecular weight excluding hydrogens is 447 g/mol. The van der Waals surface area contributed by atoms with Crippen LogP contribution in [-0.4, -0.2) is 49.0 Å². The fourth-order valence-corrected chi connectivity index (χ4v) is 1.60. The van der Waals surface area contributed by atoms with E-state index in [1.54, 1.807) is 7.11 Å². The third kappa shape index (κ3) is 5.48. The summed E-state index contributed by atoms with van der Waals surface area (Å²) in [7, 11) is 1.66. The molecule has 0 atom stereocenters. The van der Waals surface area contributed by atoms with Crippen LogP contribution in [0.1, 0.15) is 26.2 Å². The van der Waals surface area contributed by atoms with Crippen LogP contribution in [0.4, 0.5) is 0 Å². The fourth-order valence-electron chi connectivity index (χ4n) is 1.60. The van der Waals surface area contributed by atoms with E-state index in [1.807, 2.05) is 6.92 Å². The van der Waals surface area contributed by atoms with Crippen molar-refractivity contribution >= 4 is 11.9 Å². The van der Waals surface area contributed by atoms with Gasteiger partial charge in [0.15, 0.2) is 5.41 Å². The van der Waals surface area contributed by atoms with Gasteiger partial charge < -0.3 is 26.4 Å². The van der Waals surface area contributed by atoms with Gasteiger partial charge >= 0.3 is 11.9 Å². The number of carboxylic acids is 2. The van der Waals surface area contributed by atoms with E-state index >= 15 is 0 Å². The normalized spacial score (nSPS) is 16.0. The summed E-state index contributed by atoms with van der Waals surface area (Å²) in [4.78, 5) is 20.7. The molecule has 1 aliphatic rings. The smallest absolute Gasteiger partial charge is 0.321 e. The number of ether oxygens (including phenoxy) is 1. The van der Waals surface area contributed by atoms with Crippen molar-refractivity contribution < 1.29 is 45.6 Å². The molecule has 6 N–H and O–H groups in total. The Morgan fingerprint density at radius 1 is 1.20 bits per heavy atom. The summed E-state index contributed by atoms with van der Waals surface area (Å²) in [6.45, 7) is 3.81. The number of rotatable bonds is 6. The zero-order valence-corrected chi connectivity index (χ0v) is 14.1. The summed E-state index contributed by atoms with van der Waals surface area (Å²) in [5.74, 6) is -2.41. The molecule has 0 aromatic heterocycles. The molecule has 8 heteroatoms. The van der Waals surface area contributed by atoms with Crippen LogP contribution in [-0.2, 0) is 35.4 Å². The number of carboxylic acid groups (broad SMARTS) is 2. The van der Waals surface area contributed by atoms with Gasteiger partial charge in [-0.15, -0.1) is 0 Å². The second-order valence-corrected chi connectivity index (χ2v) is 5.20. The first-order valence-electron chi connectivity index (χ1n) is 6.14. The first kappa shape index (κ1) is 21.8. The Morgan fingerprint density at radius 2 is 1.60 bits per heavy atom. The van der Waals surface area contributed by atoms with Gasteiger partial charge in [0.25, 0.3) is 0 Å². The van der Waals surface area contributed by atoms with Gasteiger partial charge in [-0.1, -0.05) is 6.92 Å². The number of methoxy groups -OCH3 is 1. The van der Waals surface area contributed by atoms with Crippen LogP contribution < -0.4 is 11.5 Å². The summed E-state index contributed by atoms with van der Waals surface area (Å²) >= 11 is 0. The molecule has 0 amide bonds. The number of aliphatic carboxylic acids is 2. The van der Waals surface area contributed by atoms with Crippen molar-refractivity contribution in [2.45, 2.75) is 26.2 Å². The Labute approximate surface area is 133 Å². The van der Waals surface area contributed by atoms with Crippen molar-refractivity contribution in [3.63, 3.8) is 0 Å². The summed E-state index contributed by atoms with van der Waals surface area (Å²) in [6, 6.07) is 0. The van der Waals surface area contributed by atoms with E-state index in [0.29, 0.717) is 26.1 Å². The molecule has 0 unspecified atom stereocenters. The van der Waals surface area contributed by atoms with Crippen molar-refractivity contribution in [3.05, 3.63) is 0 Å². The van der Waals surface area contributed by atoms with Gasteiger partial charge in [-0.05, 0) is 19.3 Å². The van der Waals surface area contributed by atoms with Gasteiger partial charge in [0, 0.05) is 46.7 Å². The topological polar surface area (TPSA) is 136 Å².